The zero-order chi connectivity index (χ0) is 25.2. The summed E-state index contributed by atoms with van der Waals surface area (Å²) < 4.78 is 22.1. The van der Waals surface area contributed by atoms with Crippen LogP contribution in [-0.4, -0.2) is 82.0 Å². The number of aliphatic hydroxyl groups excluding tert-OH is 4. The van der Waals surface area contributed by atoms with E-state index in [1.165, 1.54) is 0 Å². The van der Waals surface area contributed by atoms with Crippen molar-refractivity contribution in [1.82, 2.24) is 4.98 Å². The Bertz CT molecular complexity index is 895. The van der Waals surface area contributed by atoms with Crippen molar-refractivity contribution in [3.63, 3.8) is 0 Å². The average molecular weight is 494 g/mol. The third-order valence-electron chi connectivity index (χ3n) is 5.95. The molecule has 3 rings (SSSR count). The van der Waals surface area contributed by atoms with Crippen LogP contribution in [0.2, 0.25) is 0 Å². The summed E-state index contributed by atoms with van der Waals surface area (Å²) in [6.45, 7) is 4.51. The quantitative estimate of drug-likeness (QED) is 0.293. The summed E-state index contributed by atoms with van der Waals surface area (Å²) in [5.41, 5.74) is 0.879. The van der Waals surface area contributed by atoms with Crippen LogP contribution in [0.15, 0.2) is 30.3 Å². The number of hydrogen-bond donors (Lipinski definition) is 4. The fourth-order valence-corrected chi connectivity index (χ4v) is 4.07. The highest BCUT2D eigenvalue weighted by molar-refractivity contribution is 5.80. The number of hydrogen-bond acceptors (Lipinski definition) is 9. The summed E-state index contributed by atoms with van der Waals surface area (Å²) >= 11 is 0. The summed E-state index contributed by atoms with van der Waals surface area (Å²) in [7, 11) is 0. The van der Waals surface area contributed by atoms with E-state index < -0.39 is 37.3 Å². The van der Waals surface area contributed by atoms with Crippen LogP contribution in [0, 0.1) is 0 Å². The van der Waals surface area contributed by atoms with E-state index in [-0.39, 0.29) is 6.10 Å². The Kier molecular flexibility index (Phi) is 11.0. The Labute approximate surface area is 206 Å². The van der Waals surface area contributed by atoms with Gasteiger partial charge in [0.15, 0.2) is 6.29 Å². The molecule has 1 aromatic carbocycles. The molecule has 0 spiro atoms. The molecule has 1 aliphatic rings. The zero-order valence-corrected chi connectivity index (χ0v) is 20.6. The Morgan fingerprint density at radius 1 is 0.914 bits per heavy atom. The lowest BCUT2D eigenvalue weighted by Gasteiger charge is -2.39. The van der Waals surface area contributed by atoms with Gasteiger partial charge in [0.25, 0.3) is 0 Å². The molecule has 0 amide bonds. The van der Waals surface area contributed by atoms with Crippen molar-refractivity contribution in [3.05, 3.63) is 30.3 Å². The number of nitrogens with zero attached hydrogens (tertiary/aromatic N) is 1. The average Bonchev–Trinajstić information content (AvgIpc) is 2.84. The van der Waals surface area contributed by atoms with Gasteiger partial charge in [-0.3, -0.25) is 0 Å². The van der Waals surface area contributed by atoms with Crippen LogP contribution in [0.4, 0.5) is 0 Å². The van der Waals surface area contributed by atoms with Gasteiger partial charge in [0.2, 0.25) is 5.88 Å². The molecule has 2 heterocycles. The summed E-state index contributed by atoms with van der Waals surface area (Å²) in [6, 6.07) is 9.74. The SMILES string of the molecule is CC(C)Oc1ccc2cc(OCCCCCCCCO[C@H]3[C@H](O)[C@@H](CO)OC(O)[C@@H]3O)ccc2n1. The molecule has 35 heavy (non-hydrogen) atoms. The number of benzene rings is 1. The number of pyridine rings is 1. The van der Waals surface area contributed by atoms with E-state index in [1.54, 1.807) is 0 Å². The number of aliphatic hydroxyl groups is 4. The number of aromatic nitrogens is 1. The van der Waals surface area contributed by atoms with Crippen LogP contribution in [0.5, 0.6) is 11.6 Å². The highest BCUT2D eigenvalue weighted by Crippen LogP contribution is 2.24. The molecule has 1 aliphatic heterocycles. The Balaban J connectivity index is 1.25. The van der Waals surface area contributed by atoms with Gasteiger partial charge in [0.1, 0.15) is 30.2 Å². The molecular weight excluding hydrogens is 454 g/mol. The molecule has 1 unspecified atom stereocenters. The maximum absolute atomic E-state index is 10.1. The van der Waals surface area contributed by atoms with Crippen LogP contribution >= 0.6 is 0 Å². The van der Waals surface area contributed by atoms with E-state index in [0.717, 1.165) is 55.2 Å². The van der Waals surface area contributed by atoms with Crippen molar-refractivity contribution in [1.29, 1.82) is 0 Å². The second-order valence-electron chi connectivity index (χ2n) is 9.20. The van der Waals surface area contributed by atoms with E-state index in [4.69, 9.17) is 18.9 Å². The monoisotopic (exact) mass is 493 g/mol. The van der Waals surface area contributed by atoms with E-state index in [9.17, 15) is 20.4 Å². The normalized spacial score (nSPS) is 24.7. The van der Waals surface area contributed by atoms with Gasteiger partial charge in [-0.25, -0.2) is 4.98 Å². The first-order valence-corrected chi connectivity index (χ1v) is 12.5. The maximum Gasteiger partial charge on any atom is 0.214 e. The van der Waals surface area contributed by atoms with Crippen molar-refractivity contribution in [2.45, 2.75) is 89.2 Å². The van der Waals surface area contributed by atoms with E-state index in [1.807, 2.05) is 44.2 Å². The molecule has 196 valence electrons. The Morgan fingerprint density at radius 3 is 2.34 bits per heavy atom. The van der Waals surface area contributed by atoms with Gasteiger partial charge in [-0.15, -0.1) is 0 Å². The van der Waals surface area contributed by atoms with Crippen LogP contribution in [-0.2, 0) is 9.47 Å². The first kappa shape index (κ1) is 27.6. The molecule has 0 saturated carbocycles. The summed E-state index contributed by atoms with van der Waals surface area (Å²) in [6.07, 6.45) is 0.0322. The van der Waals surface area contributed by atoms with Crippen LogP contribution in [0.3, 0.4) is 0 Å². The van der Waals surface area contributed by atoms with Crippen LogP contribution in [0.1, 0.15) is 52.4 Å². The summed E-state index contributed by atoms with van der Waals surface area (Å²) in [5.74, 6) is 1.46. The van der Waals surface area contributed by atoms with E-state index >= 15 is 0 Å². The zero-order valence-electron chi connectivity index (χ0n) is 20.6. The minimum Gasteiger partial charge on any atom is -0.494 e. The van der Waals surface area contributed by atoms with Gasteiger partial charge < -0.3 is 39.4 Å². The lowest BCUT2D eigenvalue weighted by atomic mass is 9.99. The molecule has 9 heteroatoms. The fourth-order valence-electron chi connectivity index (χ4n) is 4.07. The van der Waals surface area contributed by atoms with Crippen LogP contribution < -0.4 is 9.47 Å². The van der Waals surface area contributed by atoms with Crippen LogP contribution in [0.25, 0.3) is 10.9 Å². The Morgan fingerprint density at radius 2 is 1.63 bits per heavy atom. The Hall–Kier alpha value is -2.01. The molecule has 2 aromatic rings. The lowest BCUT2D eigenvalue weighted by Crippen LogP contribution is -2.59. The van der Waals surface area contributed by atoms with Crippen molar-refractivity contribution < 1.29 is 39.4 Å². The van der Waals surface area contributed by atoms with E-state index in [0.29, 0.717) is 19.1 Å². The van der Waals surface area contributed by atoms with Gasteiger partial charge in [0, 0.05) is 18.1 Å². The fraction of sp³-hybridized carbons (Fsp3) is 0.654. The largest absolute Gasteiger partial charge is 0.494 e. The first-order chi connectivity index (χ1) is 16.9. The molecule has 0 bridgehead atoms. The molecule has 1 fully saturated rings. The first-order valence-electron chi connectivity index (χ1n) is 12.5. The number of unbranched alkanes of at least 4 members (excludes halogenated alkanes) is 5. The molecule has 1 aromatic heterocycles. The summed E-state index contributed by atoms with van der Waals surface area (Å²) in [5, 5.41) is 40.0. The number of fused-ring (bicyclic) bond motifs is 1. The van der Waals surface area contributed by atoms with Gasteiger partial charge in [0.05, 0.1) is 24.8 Å². The molecule has 0 radical (unpaired) electrons. The third kappa shape index (κ3) is 8.27. The second-order valence-corrected chi connectivity index (χ2v) is 9.20. The highest BCUT2D eigenvalue weighted by atomic mass is 16.6. The summed E-state index contributed by atoms with van der Waals surface area (Å²) in [4.78, 5) is 4.51. The van der Waals surface area contributed by atoms with Gasteiger partial charge in [-0.1, -0.05) is 25.7 Å². The van der Waals surface area contributed by atoms with Crippen molar-refractivity contribution >= 4 is 10.9 Å². The predicted octanol–water partition coefficient (Wildman–Crippen LogP) is 2.56. The molecule has 9 nitrogen and oxygen atoms in total. The van der Waals surface area contributed by atoms with Gasteiger partial charge >= 0.3 is 0 Å². The molecule has 0 aliphatic carbocycles. The van der Waals surface area contributed by atoms with Gasteiger partial charge in [-0.2, -0.15) is 0 Å². The van der Waals surface area contributed by atoms with E-state index in [2.05, 4.69) is 4.98 Å². The van der Waals surface area contributed by atoms with Crippen molar-refractivity contribution in [3.8, 4) is 11.6 Å². The standard InChI is InChI=1S/C26H39NO8/c1-17(2)34-22-12-9-18-15-19(10-11-20(18)27-22)32-13-7-5-3-4-6-8-14-33-25-23(29)21(16-28)35-26(31)24(25)30/h9-12,15,17,21,23-26,28-31H,3-8,13-14,16H2,1-2H3/t21-,23-,24-,25+,26?/m1/s1. The molecular formula is C26H39NO8. The topological polar surface area (TPSA) is 131 Å². The molecule has 4 N–H and O–H groups in total. The van der Waals surface area contributed by atoms with Gasteiger partial charge in [-0.05, 0) is 51.0 Å². The predicted molar refractivity (Wildman–Crippen MR) is 130 cm³/mol. The highest BCUT2D eigenvalue weighted by Gasteiger charge is 2.44. The third-order valence-corrected chi connectivity index (χ3v) is 5.95. The van der Waals surface area contributed by atoms with Crippen molar-refractivity contribution in [2.75, 3.05) is 19.8 Å². The lowest BCUT2D eigenvalue weighted by molar-refractivity contribution is -0.294. The van der Waals surface area contributed by atoms with Crippen molar-refractivity contribution in [2.24, 2.45) is 0 Å². The maximum atomic E-state index is 10.1. The molecule has 5 atom stereocenters. The molecule has 1 saturated heterocycles. The number of rotatable bonds is 14. The second kappa shape index (κ2) is 13.9. The minimum absolute atomic E-state index is 0.0894. The minimum atomic E-state index is -1.48. The smallest absolute Gasteiger partial charge is 0.214 e. The number of ether oxygens (including phenoxy) is 4.